The van der Waals surface area contributed by atoms with Gasteiger partial charge in [-0.1, -0.05) is 24.3 Å². The van der Waals surface area contributed by atoms with Crippen molar-refractivity contribution in [3.05, 3.63) is 65.9 Å². The molecule has 0 aliphatic heterocycles. The number of thiophene rings is 1. The maximum Gasteiger partial charge on any atom is 0.287 e. The van der Waals surface area contributed by atoms with Crippen LogP contribution in [0.25, 0.3) is 10.6 Å². The first-order valence-corrected chi connectivity index (χ1v) is 7.85. The van der Waals surface area contributed by atoms with Crippen LogP contribution in [0.3, 0.4) is 0 Å². The number of halogens is 1. The number of rotatable bonds is 4. The van der Waals surface area contributed by atoms with Crippen molar-refractivity contribution < 1.29 is 21.8 Å². The fourth-order valence-electron chi connectivity index (χ4n) is 2.12. The smallest absolute Gasteiger partial charge is 0.287 e. The second kappa shape index (κ2) is 7.85. The van der Waals surface area contributed by atoms with Gasteiger partial charge < -0.3 is 17.7 Å². The Balaban J connectivity index is 0.00000192. The molecule has 1 aromatic carbocycles. The zero-order valence-electron chi connectivity index (χ0n) is 12.6. The summed E-state index contributed by atoms with van der Waals surface area (Å²) in [7, 11) is 0. The van der Waals surface area contributed by atoms with E-state index in [9.17, 15) is 4.79 Å². The molecule has 0 atom stereocenters. The molecular formula is C17H16ClN3OS. The van der Waals surface area contributed by atoms with Crippen molar-refractivity contribution in [3.63, 3.8) is 0 Å². The maximum atomic E-state index is 12.1. The highest BCUT2D eigenvalue weighted by molar-refractivity contribution is 7.13. The van der Waals surface area contributed by atoms with Crippen LogP contribution in [0.1, 0.15) is 5.56 Å². The molecule has 0 saturated heterocycles. The Morgan fingerprint density at radius 1 is 1.22 bits per heavy atom. The number of benzene rings is 1. The van der Waals surface area contributed by atoms with Crippen LogP contribution in [-0.2, 0) is 11.3 Å². The number of nitrogens with one attached hydrogen (secondary N) is 1. The van der Waals surface area contributed by atoms with E-state index in [-0.39, 0.29) is 24.9 Å². The van der Waals surface area contributed by atoms with Gasteiger partial charge in [0.2, 0.25) is 0 Å². The second-order valence-corrected chi connectivity index (χ2v) is 5.91. The summed E-state index contributed by atoms with van der Waals surface area (Å²) in [4.78, 5) is 17.6. The Morgan fingerprint density at radius 2 is 2.04 bits per heavy atom. The Kier molecular flexibility index (Phi) is 5.84. The van der Waals surface area contributed by atoms with Crippen LogP contribution in [0.15, 0.2) is 60.4 Å². The van der Waals surface area contributed by atoms with Crippen LogP contribution in [0.5, 0.6) is 0 Å². The number of anilines is 1. The highest BCUT2D eigenvalue weighted by Crippen LogP contribution is 2.20. The van der Waals surface area contributed by atoms with E-state index in [1.165, 1.54) is 0 Å². The normalized spacial score (nSPS) is 9.96. The first kappa shape index (κ1) is 17.1. The summed E-state index contributed by atoms with van der Waals surface area (Å²) in [6.07, 6.45) is 3.56. The van der Waals surface area contributed by atoms with E-state index in [1.807, 2.05) is 61.0 Å². The number of para-hydroxylation sites is 1. The van der Waals surface area contributed by atoms with Crippen molar-refractivity contribution in [2.45, 2.75) is 13.5 Å². The fourth-order valence-corrected chi connectivity index (χ4v) is 2.82. The molecular weight excluding hydrogens is 330 g/mol. The number of carbonyl (C=O) groups is 1. The summed E-state index contributed by atoms with van der Waals surface area (Å²) in [5.74, 6) is -0.0648. The lowest BCUT2D eigenvalue weighted by atomic mass is 10.2. The van der Waals surface area contributed by atoms with Crippen LogP contribution < -0.4 is 22.3 Å². The molecule has 4 nitrogen and oxygen atoms in total. The van der Waals surface area contributed by atoms with Crippen molar-refractivity contribution in [1.29, 1.82) is 0 Å². The summed E-state index contributed by atoms with van der Waals surface area (Å²) in [5, 5.41) is 4.94. The average molecular weight is 346 g/mol. The third kappa shape index (κ3) is 4.37. The maximum absolute atomic E-state index is 12.1. The molecule has 0 radical (unpaired) electrons. The summed E-state index contributed by atoms with van der Waals surface area (Å²) in [6.45, 7) is 2.21. The van der Waals surface area contributed by atoms with Gasteiger partial charge in [0.1, 0.15) is 0 Å². The molecule has 0 aliphatic rings. The number of hydrogen-bond acceptors (Lipinski definition) is 3. The zero-order valence-corrected chi connectivity index (χ0v) is 14.1. The molecule has 0 aliphatic carbocycles. The molecule has 23 heavy (non-hydrogen) atoms. The van der Waals surface area contributed by atoms with Crippen molar-refractivity contribution in [1.82, 2.24) is 4.98 Å². The Hall–Kier alpha value is -2.24. The summed E-state index contributed by atoms with van der Waals surface area (Å²) in [6, 6.07) is 13.7. The van der Waals surface area contributed by atoms with Crippen molar-refractivity contribution in [2.75, 3.05) is 5.32 Å². The highest BCUT2D eigenvalue weighted by atomic mass is 35.5. The molecule has 2 aromatic heterocycles. The van der Waals surface area contributed by atoms with E-state index >= 15 is 0 Å². The Bertz CT molecular complexity index is 773. The molecule has 0 bridgehead atoms. The number of carbonyl (C=O) groups excluding carboxylic acids is 1. The first-order chi connectivity index (χ1) is 10.7. The van der Waals surface area contributed by atoms with Gasteiger partial charge in [0.15, 0.2) is 12.2 Å². The van der Waals surface area contributed by atoms with Gasteiger partial charge in [-0.05, 0) is 35.0 Å². The number of aromatic nitrogens is 2. The third-order valence-electron chi connectivity index (χ3n) is 3.29. The molecule has 6 heteroatoms. The molecule has 0 saturated carbocycles. The van der Waals surface area contributed by atoms with Crippen LogP contribution in [0.4, 0.5) is 5.69 Å². The van der Waals surface area contributed by atoms with Crippen LogP contribution in [0.2, 0.25) is 0 Å². The Labute approximate surface area is 145 Å². The lowest BCUT2D eigenvalue weighted by molar-refractivity contribution is -0.686. The number of amides is 1. The molecule has 0 spiro atoms. The number of hydrogen-bond donors (Lipinski definition) is 1. The van der Waals surface area contributed by atoms with E-state index in [4.69, 9.17) is 0 Å². The summed E-state index contributed by atoms with van der Waals surface area (Å²) >= 11 is 1.65. The van der Waals surface area contributed by atoms with Crippen molar-refractivity contribution in [3.8, 4) is 10.6 Å². The summed E-state index contributed by atoms with van der Waals surface area (Å²) in [5.41, 5.74) is 2.81. The lowest BCUT2D eigenvalue weighted by Crippen LogP contribution is -3.00. The van der Waals surface area contributed by atoms with Gasteiger partial charge in [0.25, 0.3) is 12.2 Å². The lowest BCUT2D eigenvalue weighted by Gasteiger charge is -2.06. The molecule has 3 rings (SSSR count). The number of aryl methyl sites for hydroxylation is 1. The van der Waals surface area contributed by atoms with Gasteiger partial charge in [-0.3, -0.25) is 4.79 Å². The third-order valence-corrected chi connectivity index (χ3v) is 4.18. The van der Waals surface area contributed by atoms with Gasteiger partial charge in [0, 0.05) is 11.8 Å². The molecule has 2 heterocycles. The monoisotopic (exact) mass is 345 g/mol. The van der Waals surface area contributed by atoms with Gasteiger partial charge in [-0.2, -0.15) is 0 Å². The van der Waals surface area contributed by atoms with Gasteiger partial charge >= 0.3 is 0 Å². The van der Waals surface area contributed by atoms with Crippen molar-refractivity contribution >= 4 is 22.9 Å². The van der Waals surface area contributed by atoms with Gasteiger partial charge in [0.05, 0.1) is 11.1 Å². The van der Waals surface area contributed by atoms with Crippen molar-refractivity contribution in [2.24, 2.45) is 0 Å². The highest BCUT2D eigenvalue weighted by Gasteiger charge is 2.11. The van der Waals surface area contributed by atoms with Gasteiger partial charge in [-0.25, -0.2) is 4.57 Å². The van der Waals surface area contributed by atoms with Crippen LogP contribution in [0, 0.1) is 6.92 Å². The summed E-state index contributed by atoms with van der Waals surface area (Å²) < 4.78 is 1.77. The minimum Gasteiger partial charge on any atom is -1.00 e. The van der Waals surface area contributed by atoms with Crippen LogP contribution in [-0.4, -0.2) is 10.9 Å². The SMILES string of the molecule is Cc1ccccc1NC(=O)C[n+]1ccc(-c2cccs2)nc1.[Cl-]. The molecule has 3 aromatic rings. The first-order valence-electron chi connectivity index (χ1n) is 6.97. The topological polar surface area (TPSA) is 45.9 Å². The largest absolute Gasteiger partial charge is 1.00 e. The van der Waals surface area contributed by atoms with Crippen LogP contribution >= 0.6 is 11.3 Å². The second-order valence-electron chi connectivity index (χ2n) is 4.96. The molecule has 1 N–H and O–H groups in total. The van der Waals surface area contributed by atoms with E-state index in [0.29, 0.717) is 0 Å². The molecule has 118 valence electrons. The Morgan fingerprint density at radius 3 is 2.70 bits per heavy atom. The average Bonchev–Trinajstić information content (AvgIpc) is 3.05. The molecule has 1 amide bonds. The number of nitrogens with zero attached hydrogens (tertiary/aromatic N) is 2. The quantitative estimate of drug-likeness (QED) is 0.679. The molecule has 0 fully saturated rings. The zero-order chi connectivity index (χ0) is 15.4. The fraction of sp³-hybridized carbons (Fsp3) is 0.118. The minimum atomic E-state index is -0.0648. The minimum absolute atomic E-state index is 0. The molecule has 0 unspecified atom stereocenters. The van der Waals surface area contributed by atoms with E-state index < -0.39 is 0 Å². The predicted octanol–water partition coefficient (Wildman–Crippen LogP) is 0.0487. The van der Waals surface area contributed by atoms with E-state index in [1.54, 1.807) is 22.2 Å². The predicted molar refractivity (Wildman–Crippen MR) is 87.6 cm³/mol. The van der Waals surface area contributed by atoms with E-state index in [2.05, 4.69) is 10.3 Å². The standard InChI is InChI=1S/C17H15N3OS.ClH/c1-13-5-2-3-6-14(13)19-17(21)11-20-9-8-15(18-12-20)16-7-4-10-22-16;/h2-10,12H,11H2,1H3;1H. The van der Waals surface area contributed by atoms with Gasteiger partial charge in [-0.15, -0.1) is 11.3 Å². The van der Waals surface area contributed by atoms with E-state index in [0.717, 1.165) is 21.8 Å².